The van der Waals surface area contributed by atoms with Crippen molar-refractivity contribution in [2.75, 3.05) is 19.8 Å². The first kappa shape index (κ1) is 72.9. The molecule has 19 atom stereocenters. The Kier molecular flexibility index (Phi) is 25.1. The number of aliphatic hydroxyl groups is 5. The second kappa shape index (κ2) is 33.8. The van der Waals surface area contributed by atoms with E-state index in [-0.39, 0.29) is 51.1 Å². The highest BCUT2D eigenvalue weighted by atomic mass is 28.4. The van der Waals surface area contributed by atoms with Gasteiger partial charge in [0, 0.05) is 6.54 Å². The second-order valence-corrected chi connectivity index (χ2v) is 30.8. The molecule has 530 valence electrons. The summed E-state index contributed by atoms with van der Waals surface area (Å²) in [5, 5.41) is 72.9. The molecule has 5 aromatic carbocycles. The Hall–Kier alpha value is -7.85. The van der Waals surface area contributed by atoms with Crippen LogP contribution in [0, 0.1) is 0 Å². The number of benzene rings is 5. The summed E-state index contributed by atoms with van der Waals surface area (Å²) in [5.74, 6) is 0. The molecule has 5 amide bonds. The number of hydrogen-bond donors (Lipinski definition) is 10. The number of carbonyl (C=O) groups excluding carboxylic acids is 5. The van der Waals surface area contributed by atoms with Gasteiger partial charge in [-0.05, 0) is 52.4 Å². The Morgan fingerprint density at radius 1 is 0.439 bits per heavy atom. The lowest BCUT2D eigenvalue weighted by atomic mass is 9.83. The molecule has 4 saturated heterocycles. The molecular formula is C69H87N5O23Si. The summed E-state index contributed by atoms with van der Waals surface area (Å²) in [4.78, 5) is 68.6. The van der Waals surface area contributed by atoms with Crippen molar-refractivity contribution in [2.45, 2.75) is 195 Å². The second-order valence-electron chi connectivity index (χ2n) is 26.0. The molecular weight excluding hydrogens is 1290 g/mol. The van der Waals surface area contributed by atoms with E-state index < -0.39 is 168 Å². The summed E-state index contributed by atoms with van der Waals surface area (Å²) < 4.78 is 80.1. The van der Waals surface area contributed by atoms with E-state index in [2.05, 4.69) is 60.4 Å². The fourth-order valence-electron chi connectivity index (χ4n) is 11.5. The number of epoxide rings is 1. The Labute approximate surface area is 567 Å². The van der Waals surface area contributed by atoms with Crippen LogP contribution in [-0.4, -0.2) is 200 Å². The Morgan fingerprint density at radius 2 is 0.837 bits per heavy atom. The predicted octanol–water partition coefficient (Wildman–Crippen LogP) is 5.05. The van der Waals surface area contributed by atoms with E-state index >= 15 is 0 Å². The molecule has 0 spiro atoms. The highest BCUT2D eigenvalue weighted by Gasteiger charge is 2.62. The highest BCUT2D eigenvalue weighted by Crippen LogP contribution is 2.43. The van der Waals surface area contributed by atoms with Crippen molar-refractivity contribution in [3.05, 3.63) is 179 Å². The highest BCUT2D eigenvalue weighted by molar-refractivity contribution is 6.74. The molecule has 98 heavy (non-hydrogen) atoms. The van der Waals surface area contributed by atoms with E-state index in [4.69, 9.17) is 61.3 Å². The van der Waals surface area contributed by atoms with Crippen LogP contribution in [0.2, 0.25) is 18.1 Å². The summed E-state index contributed by atoms with van der Waals surface area (Å²) >= 11 is 0. The van der Waals surface area contributed by atoms with Gasteiger partial charge in [-0.25, -0.2) is 24.0 Å². The molecule has 0 radical (unpaired) electrons. The van der Waals surface area contributed by atoms with Gasteiger partial charge in [0.2, 0.25) is 0 Å². The molecule has 29 heteroatoms. The van der Waals surface area contributed by atoms with Gasteiger partial charge < -0.3 is 113 Å². The Balaban J connectivity index is 0.957. The fraction of sp³-hybridized carbons (Fsp3) is 0.493. The summed E-state index contributed by atoms with van der Waals surface area (Å²) in [6.45, 7) is 8.17. The van der Waals surface area contributed by atoms with E-state index in [0.717, 1.165) is 0 Å². The molecule has 1 saturated carbocycles. The van der Waals surface area contributed by atoms with Crippen LogP contribution in [0.4, 0.5) is 24.0 Å². The Morgan fingerprint density at radius 3 is 1.31 bits per heavy atom. The first-order valence-corrected chi connectivity index (χ1v) is 35.4. The third-order valence-corrected chi connectivity index (χ3v) is 22.5. The summed E-state index contributed by atoms with van der Waals surface area (Å²) in [5.41, 5.74) is 3.25. The molecule has 1 unspecified atom stereocenters. The number of nitrogens with one attached hydrogen (secondary N) is 5. The van der Waals surface area contributed by atoms with Crippen LogP contribution in [0.25, 0.3) is 0 Å². The maximum Gasteiger partial charge on any atom is 0.407 e. The van der Waals surface area contributed by atoms with E-state index in [0.29, 0.717) is 27.8 Å². The molecule has 0 bridgehead atoms. The molecule has 5 aliphatic rings. The summed E-state index contributed by atoms with van der Waals surface area (Å²) in [6, 6.07) is 38.4. The van der Waals surface area contributed by atoms with Crippen molar-refractivity contribution < 1.29 is 111 Å². The quantitative estimate of drug-likeness (QED) is 0.0197. The van der Waals surface area contributed by atoms with Crippen molar-refractivity contribution in [3.63, 3.8) is 0 Å². The van der Waals surface area contributed by atoms with Crippen LogP contribution in [0.1, 0.15) is 55.0 Å². The van der Waals surface area contributed by atoms with E-state index in [1.165, 1.54) is 0 Å². The van der Waals surface area contributed by atoms with Crippen LogP contribution in [-0.2, 0) is 94.3 Å². The largest absolute Gasteiger partial charge is 0.445 e. The van der Waals surface area contributed by atoms with E-state index in [1.807, 2.05) is 6.07 Å². The van der Waals surface area contributed by atoms with Crippen LogP contribution >= 0.6 is 0 Å². The first-order valence-electron chi connectivity index (χ1n) is 32.5. The van der Waals surface area contributed by atoms with Crippen LogP contribution < -0.4 is 26.6 Å². The van der Waals surface area contributed by atoms with Gasteiger partial charge in [0.05, 0.1) is 25.3 Å². The molecule has 28 nitrogen and oxygen atoms in total. The number of amides is 5. The molecule has 10 rings (SSSR count). The van der Waals surface area contributed by atoms with Gasteiger partial charge in [-0.2, -0.15) is 0 Å². The lowest BCUT2D eigenvalue weighted by molar-refractivity contribution is -0.291. The monoisotopic (exact) mass is 1380 g/mol. The number of carbonyl (C=O) groups is 5. The molecule has 10 N–H and O–H groups in total. The average Bonchev–Trinajstić information content (AvgIpc) is 1.57. The van der Waals surface area contributed by atoms with E-state index in [1.54, 1.807) is 146 Å². The molecule has 4 heterocycles. The van der Waals surface area contributed by atoms with Crippen molar-refractivity contribution in [2.24, 2.45) is 0 Å². The molecule has 5 fully saturated rings. The number of aliphatic hydroxyl groups excluding tert-OH is 5. The van der Waals surface area contributed by atoms with Gasteiger partial charge in [-0.1, -0.05) is 172 Å². The topological polar surface area (TPSA) is 370 Å². The lowest BCUT2D eigenvalue weighted by Crippen LogP contribution is -2.68. The normalized spacial score (nSPS) is 29.7. The molecule has 1 aliphatic carbocycles. The van der Waals surface area contributed by atoms with Crippen molar-refractivity contribution in [1.29, 1.82) is 0 Å². The van der Waals surface area contributed by atoms with Crippen LogP contribution in [0.5, 0.6) is 0 Å². The minimum Gasteiger partial charge on any atom is -0.445 e. The fourth-order valence-corrected chi connectivity index (χ4v) is 12.5. The molecule has 5 aromatic rings. The maximum absolute atomic E-state index is 14.2. The van der Waals surface area contributed by atoms with Gasteiger partial charge in [0.15, 0.2) is 27.2 Å². The standard InChI is InChI=1S/C69H87N5O23Si/c1-69(2,3)98(4,5)90-39-49-58-59(94-58)51(74-68(84)89-38-44-29-19-10-20-30-44)62(93-49)95-56-46(72-66(82)87-36-42-25-15-8-16-26-42)31-45(71-65(81)86-35-41-23-13-7-14-24-41)52(76)60(56)97-63-55(79)57(48(33-75)92-63)96-61-50(73-67(83)88-37-43-27-17-9-18-28-43)54(78)53(77)47(91-61)32-70-64(80)85-34-40-21-11-6-12-22-40/h6-30,45-63,75-79H,31-39H2,1-5H3,(H,70,80)(H,71,81)(H,72,82)(H,73,83)(H,74,84)/t45-,46+,47+,48-,49-,50-,51-,52+,53-,54-,55-,56-,57-,58+,59?,60-,61-,62-,63+/m1/s1. The maximum atomic E-state index is 14.2. The van der Waals surface area contributed by atoms with Gasteiger partial charge in [0.25, 0.3) is 0 Å². The van der Waals surface area contributed by atoms with Crippen LogP contribution in [0.15, 0.2) is 152 Å². The summed E-state index contributed by atoms with van der Waals surface area (Å²) in [7, 11) is -2.46. The number of hydrogen-bond acceptors (Lipinski definition) is 23. The minimum atomic E-state index is -2.46. The third kappa shape index (κ3) is 19.5. The molecule has 0 aromatic heterocycles. The van der Waals surface area contributed by atoms with Crippen molar-refractivity contribution in [3.8, 4) is 0 Å². The zero-order chi connectivity index (χ0) is 69.5. The van der Waals surface area contributed by atoms with Gasteiger partial charge >= 0.3 is 30.5 Å². The number of alkyl carbamates (subject to hydrolysis) is 5. The zero-order valence-electron chi connectivity index (χ0n) is 54.9. The van der Waals surface area contributed by atoms with Gasteiger partial charge in [-0.3, -0.25) is 0 Å². The molecule has 4 aliphatic heterocycles. The predicted molar refractivity (Wildman–Crippen MR) is 347 cm³/mol. The first-order chi connectivity index (χ1) is 47.1. The Bertz CT molecular complexity index is 3350. The third-order valence-electron chi connectivity index (χ3n) is 18.0. The number of rotatable bonds is 26. The lowest BCUT2D eigenvalue weighted by Gasteiger charge is -2.47. The smallest absolute Gasteiger partial charge is 0.407 e. The van der Waals surface area contributed by atoms with Crippen molar-refractivity contribution >= 4 is 38.8 Å². The number of fused-ring (bicyclic) bond motifs is 1. The minimum absolute atomic E-state index is 0.0248. The van der Waals surface area contributed by atoms with E-state index in [9.17, 15) is 49.5 Å². The average molecular weight is 1380 g/mol. The van der Waals surface area contributed by atoms with Gasteiger partial charge in [0.1, 0.15) is 118 Å². The number of ether oxygens (including phenoxy) is 12. The van der Waals surface area contributed by atoms with Crippen LogP contribution in [0.3, 0.4) is 0 Å². The van der Waals surface area contributed by atoms with Crippen molar-refractivity contribution in [1.82, 2.24) is 26.6 Å². The SMILES string of the molecule is CC(C)(C)[Si](C)(C)OC[C@H]1O[C@H](O[C@H]2[C@H](O[C@@H]3O[C@H](CO)[C@@H](O[C@H]4O[C@@H](CNC(=O)OCc5ccccc5)[C@@H](O)[C@H](O)[C@H]4NC(=O)OCc4ccccc4)[C@H]3O)[C@@H](O)[C@H](NC(=O)OCc3ccccc3)C[C@@H]2NC(=O)OCc2ccccc2)[C@H](NC(=O)OCc2ccccc2)C2O[C@H]21. The van der Waals surface area contributed by atoms with Gasteiger partial charge in [-0.15, -0.1) is 0 Å². The zero-order valence-corrected chi connectivity index (χ0v) is 55.9. The summed E-state index contributed by atoms with van der Waals surface area (Å²) in [6.07, 6.45) is -28.6.